The third-order valence-corrected chi connectivity index (χ3v) is 4.98. The van der Waals surface area contributed by atoms with Crippen LogP contribution in [0.4, 0.5) is 5.69 Å². The van der Waals surface area contributed by atoms with E-state index < -0.39 is 0 Å². The molecule has 0 unspecified atom stereocenters. The molecule has 1 aromatic rings. The Morgan fingerprint density at radius 1 is 1.12 bits per heavy atom. The van der Waals surface area contributed by atoms with Gasteiger partial charge in [0.15, 0.2) is 5.96 Å². The van der Waals surface area contributed by atoms with Gasteiger partial charge >= 0.3 is 0 Å². The summed E-state index contributed by atoms with van der Waals surface area (Å²) in [6.45, 7) is 11.7. The molecule has 2 saturated heterocycles. The summed E-state index contributed by atoms with van der Waals surface area (Å²) >= 11 is 0. The minimum Gasteiger partial charge on any atom is -0.378 e. The number of anilines is 1. The summed E-state index contributed by atoms with van der Waals surface area (Å²) in [7, 11) is 0. The lowest BCUT2D eigenvalue weighted by Crippen LogP contribution is -2.47. The second-order valence-electron chi connectivity index (χ2n) is 6.86. The van der Waals surface area contributed by atoms with Crippen LogP contribution in [-0.4, -0.2) is 81.3 Å². The van der Waals surface area contributed by atoms with Crippen molar-refractivity contribution >= 4 is 11.6 Å². The van der Waals surface area contributed by atoms with E-state index in [-0.39, 0.29) is 0 Å². The smallest absolute Gasteiger partial charge is 0.191 e. The number of guanidine groups is 1. The van der Waals surface area contributed by atoms with Crippen LogP contribution in [0, 0.1) is 6.92 Å². The zero-order valence-electron chi connectivity index (χ0n) is 15.4. The Bertz CT molecular complexity index is 563. The van der Waals surface area contributed by atoms with Crippen molar-refractivity contribution in [1.29, 1.82) is 0 Å². The number of hydrogen-bond donors (Lipinski definition) is 1. The molecule has 0 atom stereocenters. The number of morpholine rings is 1. The number of ether oxygens (including phenoxy) is 1. The zero-order valence-corrected chi connectivity index (χ0v) is 15.4. The van der Waals surface area contributed by atoms with Crippen molar-refractivity contribution in [3.05, 3.63) is 29.8 Å². The maximum absolute atomic E-state index is 6.06. The molecule has 0 saturated carbocycles. The average Bonchev–Trinajstić information content (AvgIpc) is 2.66. The van der Waals surface area contributed by atoms with Crippen LogP contribution < -0.4 is 10.6 Å². The highest BCUT2D eigenvalue weighted by molar-refractivity contribution is 5.78. The fourth-order valence-corrected chi connectivity index (χ4v) is 3.43. The molecule has 0 aliphatic carbocycles. The van der Waals surface area contributed by atoms with E-state index in [4.69, 9.17) is 10.5 Å². The Morgan fingerprint density at radius 2 is 1.88 bits per heavy atom. The van der Waals surface area contributed by atoms with Crippen molar-refractivity contribution in [2.75, 3.05) is 70.5 Å². The molecule has 2 heterocycles. The second kappa shape index (κ2) is 9.06. The van der Waals surface area contributed by atoms with Gasteiger partial charge in [0.1, 0.15) is 0 Å². The third-order valence-electron chi connectivity index (χ3n) is 4.98. The molecule has 6 nitrogen and oxygen atoms in total. The molecule has 0 aromatic heterocycles. The fourth-order valence-electron chi connectivity index (χ4n) is 3.43. The predicted octanol–water partition coefficient (Wildman–Crippen LogP) is 1.15. The summed E-state index contributed by atoms with van der Waals surface area (Å²) in [4.78, 5) is 11.7. The topological polar surface area (TPSA) is 57.3 Å². The van der Waals surface area contributed by atoms with Crippen molar-refractivity contribution in [3.63, 3.8) is 0 Å². The quantitative estimate of drug-likeness (QED) is 0.493. The minimum absolute atomic E-state index is 0.674. The Morgan fingerprint density at radius 3 is 2.60 bits per heavy atom. The van der Waals surface area contributed by atoms with Gasteiger partial charge in [-0.1, -0.05) is 12.1 Å². The maximum atomic E-state index is 6.06. The third kappa shape index (κ3) is 5.34. The Balaban J connectivity index is 1.35. The van der Waals surface area contributed by atoms with Gasteiger partial charge < -0.3 is 20.3 Å². The lowest BCUT2D eigenvalue weighted by molar-refractivity contribution is 0.0674. The van der Waals surface area contributed by atoms with E-state index in [0.29, 0.717) is 5.96 Å². The molecular weight excluding hydrogens is 314 g/mol. The molecule has 25 heavy (non-hydrogen) atoms. The van der Waals surface area contributed by atoms with Crippen molar-refractivity contribution < 1.29 is 4.74 Å². The molecular formula is C19H31N5O. The highest BCUT2D eigenvalue weighted by atomic mass is 16.5. The van der Waals surface area contributed by atoms with Crippen LogP contribution in [-0.2, 0) is 4.74 Å². The van der Waals surface area contributed by atoms with E-state index in [9.17, 15) is 0 Å². The highest BCUT2D eigenvalue weighted by Gasteiger charge is 2.17. The first-order chi connectivity index (χ1) is 12.2. The molecule has 0 radical (unpaired) electrons. The van der Waals surface area contributed by atoms with Gasteiger partial charge in [0.2, 0.25) is 0 Å². The van der Waals surface area contributed by atoms with Crippen molar-refractivity contribution in [2.24, 2.45) is 10.7 Å². The molecule has 3 rings (SSSR count). The van der Waals surface area contributed by atoms with Gasteiger partial charge in [0.05, 0.1) is 13.2 Å². The first-order valence-corrected chi connectivity index (χ1v) is 9.39. The average molecular weight is 345 g/mol. The first kappa shape index (κ1) is 18.0. The van der Waals surface area contributed by atoms with E-state index in [1.165, 1.54) is 11.3 Å². The largest absolute Gasteiger partial charge is 0.378 e. The lowest BCUT2D eigenvalue weighted by Gasteiger charge is -2.36. The van der Waals surface area contributed by atoms with Gasteiger partial charge in [0.25, 0.3) is 0 Å². The normalized spacial score (nSPS) is 20.1. The maximum Gasteiger partial charge on any atom is 0.191 e. The summed E-state index contributed by atoms with van der Waals surface area (Å²) in [5.74, 6) is 0.674. The summed E-state index contributed by atoms with van der Waals surface area (Å²) in [5.41, 5.74) is 8.74. The first-order valence-electron chi connectivity index (χ1n) is 9.39. The zero-order chi connectivity index (χ0) is 17.5. The van der Waals surface area contributed by atoms with Crippen LogP contribution in [0.25, 0.3) is 0 Å². The number of benzene rings is 1. The molecule has 2 aliphatic rings. The fraction of sp³-hybridized carbons (Fsp3) is 0.632. The molecule has 1 aromatic carbocycles. The number of nitrogens with zero attached hydrogens (tertiary/aromatic N) is 4. The van der Waals surface area contributed by atoms with E-state index >= 15 is 0 Å². The number of hydrogen-bond acceptors (Lipinski definition) is 4. The minimum atomic E-state index is 0.674. The Labute approximate surface area is 151 Å². The number of nitrogens with two attached hydrogens (primary N) is 1. The van der Waals surface area contributed by atoms with Crippen LogP contribution in [0.15, 0.2) is 29.3 Å². The van der Waals surface area contributed by atoms with Crippen molar-refractivity contribution in [3.8, 4) is 0 Å². The molecule has 2 aliphatic heterocycles. The number of aryl methyl sites for hydroxylation is 1. The monoisotopic (exact) mass is 345 g/mol. The van der Waals surface area contributed by atoms with Gasteiger partial charge in [-0.15, -0.1) is 0 Å². The van der Waals surface area contributed by atoms with Gasteiger partial charge in [-0.3, -0.25) is 9.89 Å². The standard InChI is InChI=1S/C19H31N5O/c1-17-4-2-5-18(16-17)23-10-8-22(9-11-23)7-3-6-21-19(20)24-12-14-25-15-13-24/h2,4-5,16H,3,6-15H2,1H3,(H2,20,21). The number of piperazine rings is 1. The highest BCUT2D eigenvalue weighted by Crippen LogP contribution is 2.17. The van der Waals surface area contributed by atoms with E-state index in [1.807, 2.05) is 0 Å². The molecule has 0 amide bonds. The van der Waals surface area contributed by atoms with Gasteiger partial charge in [-0.05, 0) is 31.0 Å². The molecule has 0 bridgehead atoms. The van der Waals surface area contributed by atoms with Crippen LogP contribution >= 0.6 is 0 Å². The van der Waals surface area contributed by atoms with E-state index in [0.717, 1.165) is 72.0 Å². The predicted molar refractivity (Wildman–Crippen MR) is 103 cm³/mol. The van der Waals surface area contributed by atoms with Gasteiger partial charge in [-0.25, -0.2) is 0 Å². The SMILES string of the molecule is Cc1cccc(N2CCN(CCCN=C(N)N3CCOCC3)CC2)c1. The second-order valence-corrected chi connectivity index (χ2v) is 6.86. The Kier molecular flexibility index (Phi) is 6.53. The van der Waals surface area contributed by atoms with E-state index in [2.05, 4.69) is 50.9 Å². The van der Waals surface area contributed by atoms with Gasteiger partial charge in [-0.2, -0.15) is 0 Å². The summed E-state index contributed by atoms with van der Waals surface area (Å²) in [6, 6.07) is 8.79. The Hall–Kier alpha value is -1.79. The van der Waals surface area contributed by atoms with Crippen molar-refractivity contribution in [1.82, 2.24) is 9.80 Å². The molecule has 2 fully saturated rings. The molecule has 138 valence electrons. The van der Waals surface area contributed by atoms with Crippen molar-refractivity contribution in [2.45, 2.75) is 13.3 Å². The van der Waals surface area contributed by atoms with Crippen LogP contribution in [0.2, 0.25) is 0 Å². The summed E-state index contributed by atoms with van der Waals surface area (Å²) < 4.78 is 5.34. The lowest BCUT2D eigenvalue weighted by atomic mass is 10.2. The van der Waals surface area contributed by atoms with Crippen LogP contribution in [0.5, 0.6) is 0 Å². The van der Waals surface area contributed by atoms with Gasteiger partial charge in [0, 0.05) is 58.0 Å². The number of rotatable bonds is 5. The van der Waals surface area contributed by atoms with Crippen LogP contribution in [0.1, 0.15) is 12.0 Å². The molecule has 0 spiro atoms. The number of aliphatic imine (C=N–C) groups is 1. The summed E-state index contributed by atoms with van der Waals surface area (Å²) in [6.07, 6.45) is 1.06. The van der Waals surface area contributed by atoms with E-state index in [1.54, 1.807) is 0 Å². The summed E-state index contributed by atoms with van der Waals surface area (Å²) in [5, 5.41) is 0. The molecule has 2 N–H and O–H groups in total. The van der Waals surface area contributed by atoms with Crippen LogP contribution in [0.3, 0.4) is 0 Å². The molecule has 6 heteroatoms.